The number of fused-ring (bicyclic) bond motifs is 1. The molecule has 0 bridgehead atoms. The molecule has 2 aromatic rings. The van der Waals surface area contributed by atoms with Crippen molar-refractivity contribution in [3.8, 4) is 11.1 Å². The van der Waals surface area contributed by atoms with Crippen LogP contribution in [0.4, 0.5) is 0 Å². The Morgan fingerprint density at radius 3 is 2.59 bits per heavy atom. The molecule has 0 atom stereocenters. The quantitative estimate of drug-likeness (QED) is 0.697. The average Bonchev–Trinajstić information content (AvgIpc) is 2.86. The van der Waals surface area contributed by atoms with Crippen LogP contribution in [-0.2, 0) is 6.42 Å². The van der Waals surface area contributed by atoms with E-state index in [1.54, 1.807) is 0 Å². The van der Waals surface area contributed by atoms with Crippen LogP contribution in [0.3, 0.4) is 0 Å². The number of allylic oxidation sites excluding steroid dienone is 1. The number of hydrogen-bond acceptors (Lipinski definition) is 0. The third kappa shape index (κ3) is 1.70. The van der Waals surface area contributed by atoms with Gasteiger partial charge in [0.2, 0.25) is 0 Å². The maximum absolute atomic E-state index is 2.22. The molecule has 1 radical (unpaired) electrons. The van der Waals surface area contributed by atoms with Gasteiger partial charge >= 0.3 is 0 Å². The molecule has 1 aliphatic rings. The minimum absolute atomic E-state index is 1.08. The molecule has 1 aliphatic carbocycles. The highest BCUT2D eigenvalue weighted by Gasteiger charge is 2.12. The molecule has 0 aromatic heterocycles. The van der Waals surface area contributed by atoms with Crippen LogP contribution in [0.25, 0.3) is 17.2 Å². The first-order chi connectivity index (χ1) is 8.40. The van der Waals surface area contributed by atoms with Gasteiger partial charge in [0.25, 0.3) is 0 Å². The molecular weight excluding hydrogens is 204 g/mol. The lowest BCUT2D eigenvalue weighted by Crippen LogP contribution is -1.91. The number of hydrogen-bond donors (Lipinski definition) is 0. The van der Waals surface area contributed by atoms with E-state index in [4.69, 9.17) is 0 Å². The highest BCUT2D eigenvalue weighted by Crippen LogP contribution is 2.33. The summed E-state index contributed by atoms with van der Waals surface area (Å²) < 4.78 is 0. The van der Waals surface area contributed by atoms with Crippen LogP contribution in [0.1, 0.15) is 23.6 Å². The number of rotatable bonds is 2. The first-order valence-corrected chi connectivity index (χ1v) is 6.13. The van der Waals surface area contributed by atoms with E-state index in [1.807, 2.05) is 0 Å². The molecule has 0 N–H and O–H groups in total. The third-order valence-corrected chi connectivity index (χ3v) is 3.37. The van der Waals surface area contributed by atoms with Crippen molar-refractivity contribution >= 4 is 6.08 Å². The Morgan fingerprint density at radius 2 is 1.71 bits per heavy atom. The van der Waals surface area contributed by atoms with Crippen LogP contribution in [-0.4, -0.2) is 0 Å². The van der Waals surface area contributed by atoms with Crippen LogP contribution in [0, 0.1) is 6.42 Å². The van der Waals surface area contributed by atoms with Crippen LogP contribution >= 0.6 is 0 Å². The van der Waals surface area contributed by atoms with Gasteiger partial charge in [-0.05, 0) is 34.2 Å². The topological polar surface area (TPSA) is 0 Å². The Kier molecular flexibility index (Phi) is 2.56. The SMILES string of the molecule is CCc1ccccc1-c1cccc2c1C=C[CH]2. The molecule has 0 saturated heterocycles. The number of aryl methyl sites for hydroxylation is 1. The van der Waals surface area contributed by atoms with E-state index in [0.29, 0.717) is 0 Å². The fourth-order valence-corrected chi connectivity index (χ4v) is 2.49. The minimum Gasteiger partial charge on any atom is -0.0754 e. The van der Waals surface area contributed by atoms with E-state index in [9.17, 15) is 0 Å². The van der Waals surface area contributed by atoms with E-state index < -0.39 is 0 Å². The van der Waals surface area contributed by atoms with E-state index >= 15 is 0 Å². The molecule has 0 nitrogen and oxygen atoms in total. The van der Waals surface area contributed by atoms with Crippen LogP contribution < -0.4 is 0 Å². The van der Waals surface area contributed by atoms with E-state index in [2.05, 4.69) is 68.0 Å². The Hall–Kier alpha value is -1.82. The fraction of sp³-hybridized carbons (Fsp3) is 0.118. The predicted molar refractivity (Wildman–Crippen MR) is 73.7 cm³/mol. The molecule has 0 amide bonds. The maximum Gasteiger partial charge on any atom is 0.0131 e. The third-order valence-electron chi connectivity index (χ3n) is 3.37. The zero-order valence-corrected chi connectivity index (χ0v) is 9.98. The first-order valence-electron chi connectivity index (χ1n) is 6.13. The van der Waals surface area contributed by atoms with Crippen molar-refractivity contribution in [1.82, 2.24) is 0 Å². The Labute approximate surface area is 103 Å². The summed E-state index contributed by atoms with van der Waals surface area (Å²) in [6.45, 7) is 2.21. The van der Waals surface area contributed by atoms with Crippen LogP contribution in [0.5, 0.6) is 0 Å². The van der Waals surface area contributed by atoms with Gasteiger partial charge < -0.3 is 0 Å². The molecule has 83 valence electrons. The summed E-state index contributed by atoms with van der Waals surface area (Å²) in [5.74, 6) is 0. The Bertz CT molecular complexity index is 576. The zero-order chi connectivity index (χ0) is 11.7. The van der Waals surface area contributed by atoms with Gasteiger partial charge in [-0.3, -0.25) is 0 Å². The van der Waals surface area contributed by atoms with Crippen molar-refractivity contribution in [3.63, 3.8) is 0 Å². The Morgan fingerprint density at radius 1 is 0.882 bits per heavy atom. The van der Waals surface area contributed by atoms with Crippen molar-refractivity contribution in [1.29, 1.82) is 0 Å². The molecule has 17 heavy (non-hydrogen) atoms. The molecule has 0 heteroatoms. The van der Waals surface area contributed by atoms with Gasteiger partial charge in [-0.25, -0.2) is 0 Å². The van der Waals surface area contributed by atoms with E-state index in [1.165, 1.54) is 27.8 Å². The second-order valence-corrected chi connectivity index (χ2v) is 4.34. The molecule has 3 rings (SSSR count). The lowest BCUT2D eigenvalue weighted by molar-refractivity contribution is 1.14. The molecule has 0 heterocycles. The van der Waals surface area contributed by atoms with Crippen LogP contribution in [0.2, 0.25) is 0 Å². The van der Waals surface area contributed by atoms with Gasteiger partial charge in [-0.2, -0.15) is 0 Å². The standard InChI is InChI=1S/C17H15/c1-2-13-7-3-4-10-15(13)17-12-6-9-14-8-5-11-16(14)17/h3-12H,2H2,1H3. The highest BCUT2D eigenvalue weighted by atomic mass is 14.2. The summed E-state index contributed by atoms with van der Waals surface area (Å²) >= 11 is 0. The second kappa shape index (κ2) is 4.21. The Balaban J connectivity index is 2.22. The first kappa shape index (κ1) is 10.3. The molecule has 0 unspecified atom stereocenters. The molecular formula is C17H15. The van der Waals surface area contributed by atoms with Gasteiger partial charge in [0.1, 0.15) is 0 Å². The summed E-state index contributed by atoms with van der Waals surface area (Å²) in [5.41, 5.74) is 6.82. The molecule has 0 aliphatic heterocycles. The zero-order valence-electron chi connectivity index (χ0n) is 9.98. The van der Waals surface area contributed by atoms with Gasteiger partial charge in [-0.15, -0.1) is 0 Å². The van der Waals surface area contributed by atoms with Crippen molar-refractivity contribution in [2.45, 2.75) is 13.3 Å². The summed E-state index contributed by atoms with van der Waals surface area (Å²) in [7, 11) is 0. The van der Waals surface area contributed by atoms with E-state index in [-0.39, 0.29) is 0 Å². The normalized spacial score (nSPS) is 12.8. The van der Waals surface area contributed by atoms with Gasteiger partial charge in [-0.1, -0.05) is 61.5 Å². The molecule has 2 aromatic carbocycles. The van der Waals surface area contributed by atoms with Gasteiger partial charge in [0.15, 0.2) is 0 Å². The largest absolute Gasteiger partial charge is 0.0754 e. The maximum atomic E-state index is 2.22. The van der Waals surface area contributed by atoms with Gasteiger partial charge in [0, 0.05) is 6.42 Å². The van der Waals surface area contributed by atoms with E-state index in [0.717, 1.165) is 6.42 Å². The lowest BCUT2D eigenvalue weighted by Gasteiger charge is -2.11. The van der Waals surface area contributed by atoms with Crippen molar-refractivity contribution in [2.24, 2.45) is 0 Å². The molecule has 0 saturated carbocycles. The van der Waals surface area contributed by atoms with Crippen molar-refractivity contribution in [2.75, 3.05) is 0 Å². The summed E-state index contributed by atoms with van der Waals surface area (Å²) in [4.78, 5) is 0. The molecule has 0 fully saturated rings. The summed E-state index contributed by atoms with van der Waals surface area (Å²) in [6, 6.07) is 15.2. The monoisotopic (exact) mass is 219 g/mol. The van der Waals surface area contributed by atoms with Crippen molar-refractivity contribution < 1.29 is 0 Å². The lowest BCUT2D eigenvalue weighted by atomic mass is 9.93. The predicted octanol–water partition coefficient (Wildman–Crippen LogP) is 4.50. The summed E-state index contributed by atoms with van der Waals surface area (Å²) in [5, 5.41) is 0. The highest BCUT2D eigenvalue weighted by molar-refractivity contribution is 5.82. The van der Waals surface area contributed by atoms with Crippen LogP contribution in [0.15, 0.2) is 48.5 Å². The average molecular weight is 219 g/mol. The smallest absolute Gasteiger partial charge is 0.0131 e. The second-order valence-electron chi connectivity index (χ2n) is 4.34. The number of benzene rings is 2. The fourth-order valence-electron chi connectivity index (χ4n) is 2.49. The summed E-state index contributed by atoms with van der Waals surface area (Å²) in [6.07, 6.45) is 7.58. The molecule has 0 spiro atoms. The van der Waals surface area contributed by atoms with Crippen molar-refractivity contribution in [3.05, 3.63) is 71.7 Å². The minimum atomic E-state index is 1.08. The van der Waals surface area contributed by atoms with Gasteiger partial charge in [0.05, 0.1) is 0 Å².